The molecule has 3 N–H and O–H groups in total. The topological polar surface area (TPSA) is 54.3 Å². The summed E-state index contributed by atoms with van der Waals surface area (Å²) in [6.07, 6.45) is 0. The molecule has 0 saturated heterocycles. The highest BCUT2D eigenvalue weighted by atomic mass is 16.5. The molecule has 0 saturated carbocycles. The zero-order chi connectivity index (χ0) is 13.3. The van der Waals surface area contributed by atoms with Crippen molar-refractivity contribution in [3.05, 3.63) is 29.5 Å². The molecule has 2 rings (SSSR count). The Bertz CT molecular complexity index is 545. The number of aromatic amines is 1. The number of nitrogens with two attached hydrogens (primary N) is 1. The van der Waals surface area contributed by atoms with Crippen LogP contribution in [0.15, 0.2) is 18.2 Å². The SMILES string of the molecule is COc1ccc2c(C(CN)N(C)C)c(C)[nH]c2c1. The second kappa shape index (κ2) is 5.00. The average molecular weight is 247 g/mol. The van der Waals surface area contributed by atoms with E-state index in [2.05, 4.69) is 37.0 Å². The minimum atomic E-state index is 0.229. The van der Waals surface area contributed by atoms with E-state index in [1.54, 1.807) is 7.11 Å². The number of nitrogens with zero attached hydrogens (tertiary/aromatic N) is 1. The fraction of sp³-hybridized carbons (Fsp3) is 0.429. The van der Waals surface area contributed by atoms with Crippen LogP contribution in [0, 0.1) is 6.92 Å². The predicted octanol–water partition coefficient (Wildman–Crippen LogP) is 2.05. The molecule has 1 heterocycles. The number of likely N-dealkylation sites (N-methyl/N-ethyl adjacent to an activating group) is 1. The number of aromatic nitrogens is 1. The lowest BCUT2D eigenvalue weighted by Crippen LogP contribution is -2.27. The van der Waals surface area contributed by atoms with E-state index in [-0.39, 0.29) is 6.04 Å². The van der Waals surface area contributed by atoms with E-state index >= 15 is 0 Å². The first-order valence-electron chi connectivity index (χ1n) is 6.11. The van der Waals surface area contributed by atoms with Crippen LogP contribution in [-0.4, -0.2) is 37.6 Å². The van der Waals surface area contributed by atoms with E-state index in [1.807, 2.05) is 12.1 Å². The number of methoxy groups -OCH3 is 1. The Kier molecular flexibility index (Phi) is 3.59. The van der Waals surface area contributed by atoms with Gasteiger partial charge in [-0.3, -0.25) is 0 Å². The van der Waals surface area contributed by atoms with E-state index in [0.717, 1.165) is 11.3 Å². The molecule has 2 aromatic rings. The molecule has 0 amide bonds. The molecule has 1 aromatic carbocycles. The molecule has 0 spiro atoms. The molecule has 0 aliphatic heterocycles. The molecule has 0 aliphatic rings. The third-order valence-corrected chi connectivity index (χ3v) is 3.42. The maximum absolute atomic E-state index is 5.90. The molecule has 0 bridgehead atoms. The van der Waals surface area contributed by atoms with Gasteiger partial charge in [-0.15, -0.1) is 0 Å². The van der Waals surface area contributed by atoms with Crippen molar-refractivity contribution in [3.8, 4) is 5.75 Å². The van der Waals surface area contributed by atoms with Gasteiger partial charge < -0.3 is 20.4 Å². The zero-order valence-corrected chi connectivity index (χ0v) is 11.4. The highest BCUT2D eigenvalue weighted by molar-refractivity contribution is 5.86. The first-order chi connectivity index (χ1) is 8.58. The molecule has 1 atom stereocenters. The van der Waals surface area contributed by atoms with Gasteiger partial charge in [-0.2, -0.15) is 0 Å². The van der Waals surface area contributed by atoms with E-state index in [1.165, 1.54) is 16.6 Å². The Hall–Kier alpha value is -1.52. The average Bonchev–Trinajstić information content (AvgIpc) is 2.66. The second-order valence-corrected chi connectivity index (χ2v) is 4.79. The summed E-state index contributed by atoms with van der Waals surface area (Å²) in [6, 6.07) is 6.34. The highest BCUT2D eigenvalue weighted by Gasteiger charge is 2.19. The Labute approximate surface area is 108 Å². The molecule has 0 aliphatic carbocycles. The van der Waals surface area contributed by atoms with E-state index in [0.29, 0.717) is 6.54 Å². The van der Waals surface area contributed by atoms with Crippen molar-refractivity contribution in [1.82, 2.24) is 9.88 Å². The first-order valence-corrected chi connectivity index (χ1v) is 6.11. The minimum absolute atomic E-state index is 0.229. The van der Waals surface area contributed by atoms with Gasteiger partial charge in [0.2, 0.25) is 0 Å². The number of hydrogen-bond acceptors (Lipinski definition) is 3. The number of hydrogen-bond donors (Lipinski definition) is 2. The summed E-state index contributed by atoms with van der Waals surface area (Å²) in [5, 5.41) is 1.22. The lowest BCUT2D eigenvalue weighted by atomic mass is 10.0. The van der Waals surface area contributed by atoms with Crippen molar-refractivity contribution in [2.24, 2.45) is 5.73 Å². The maximum Gasteiger partial charge on any atom is 0.120 e. The summed E-state index contributed by atoms with van der Waals surface area (Å²) in [4.78, 5) is 5.56. The fourth-order valence-corrected chi connectivity index (χ4v) is 2.48. The van der Waals surface area contributed by atoms with Gasteiger partial charge in [0.25, 0.3) is 0 Å². The van der Waals surface area contributed by atoms with Gasteiger partial charge in [-0.25, -0.2) is 0 Å². The molecule has 4 nitrogen and oxygen atoms in total. The van der Waals surface area contributed by atoms with Gasteiger partial charge >= 0.3 is 0 Å². The standard InChI is InChI=1S/C14H21N3O/c1-9-14(13(8-15)17(2)3)11-6-5-10(18-4)7-12(11)16-9/h5-7,13,16H,8,15H2,1-4H3. The maximum atomic E-state index is 5.90. The molecule has 1 unspecified atom stereocenters. The van der Waals surface area contributed by atoms with Crippen LogP contribution in [0.4, 0.5) is 0 Å². The summed E-state index contributed by atoms with van der Waals surface area (Å²) < 4.78 is 5.25. The van der Waals surface area contributed by atoms with Gasteiger partial charge in [0.1, 0.15) is 5.75 Å². The Morgan fingerprint density at radius 2 is 2.11 bits per heavy atom. The number of ether oxygens (including phenoxy) is 1. The molecule has 1 aromatic heterocycles. The number of fused-ring (bicyclic) bond motifs is 1. The van der Waals surface area contributed by atoms with E-state index in [9.17, 15) is 0 Å². The van der Waals surface area contributed by atoms with Crippen LogP contribution in [-0.2, 0) is 0 Å². The number of benzene rings is 1. The Morgan fingerprint density at radius 1 is 1.39 bits per heavy atom. The molecule has 0 fully saturated rings. The smallest absolute Gasteiger partial charge is 0.120 e. The molecule has 4 heteroatoms. The monoisotopic (exact) mass is 247 g/mol. The van der Waals surface area contributed by atoms with Crippen molar-refractivity contribution in [2.75, 3.05) is 27.7 Å². The second-order valence-electron chi connectivity index (χ2n) is 4.79. The summed E-state index contributed by atoms with van der Waals surface area (Å²) in [5.74, 6) is 0.865. The first kappa shape index (κ1) is 12.9. The van der Waals surface area contributed by atoms with Gasteiger partial charge in [0, 0.05) is 35.2 Å². The fourth-order valence-electron chi connectivity index (χ4n) is 2.48. The van der Waals surface area contributed by atoms with Crippen LogP contribution < -0.4 is 10.5 Å². The van der Waals surface area contributed by atoms with Crippen LogP contribution in [0.5, 0.6) is 5.75 Å². The molecule has 0 radical (unpaired) electrons. The third kappa shape index (κ3) is 2.09. The summed E-state index contributed by atoms with van der Waals surface area (Å²) >= 11 is 0. The number of rotatable bonds is 4. The van der Waals surface area contributed by atoms with E-state index < -0.39 is 0 Å². The minimum Gasteiger partial charge on any atom is -0.497 e. The van der Waals surface area contributed by atoms with Crippen LogP contribution in [0.2, 0.25) is 0 Å². The van der Waals surface area contributed by atoms with Crippen molar-refractivity contribution >= 4 is 10.9 Å². The number of H-pyrrole nitrogens is 1. The zero-order valence-electron chi connectivity index (χ0n) is 11.4. The van der Waals surface area contributed by atoms with Crippen LogP contribution in [0.3, 0.4) is 0 Å². The third-order valence-electron chi connectivity index (χ3n) is 3.42. The van der Waals surface area contributed by atoms with Crippen molar-refractivity contribution in [1.29, 1.82) is 0 Å². The molecule has 98 valence electrons. The van der Waals surface area contributed by atoms with Crippen LogP contribution in [0.1, 0.15) is 17.3 Å². The van der Waals surface area contributed by atoms with E-state index in [4.69, 9.17) is 10.5 Å². The normalized spacial score (nSPS) is 13.2. The predicted molar refractivity (Wildman–Crippen MR) is 75.1 cm³/mol. The van der Waals surface area contributed by atoms with Crippen LogP contribution >= 0.6 is 0 Å². The van der Waals surface area contributed by atoms with Gasteiger partial charge in [0.05, 0.1) is 7.11 Å². The molecular formula is C14H21N3O. The van der Waals surface area contributed by atoms with Crippen molar-refractivity contribution in [3.63, 3.8) is 0 Å². The van der Waals surface area contributed by atoms with Gasteiger partial charge in [-0.1, -0.05) is 0 Å². The van der Waals surface area contributed by atoms with Crippen molar-refractivity contribution < 1.29 is 4.74 Å². The van der Waals surface area contributed by atoms with Crippen molar-refractivity contribution in [2.45, 2.75) is 13.0 Å². The lowest BCUT2D eigenvalue weighted by Gasteiger charge is -2.23. The summed E-state index contributed by atoms with van der Waals surface area (Å²) in [5.41, 5.74) is 9.45. The van der Waals surface area contributed by atoms with Gasteiger partial charge in [0.15, 0.2) is 0 Å². The number of nitrogens with one attached hydrogen (secondary N) is 1. The largest absolute Gasteiger partial charge is 0.497 e. The number of aryl methyl sites for hydroxylation is 1. The van der Waals surface area contributed by atoms with Crippen LogP contribution in [0.25, 0.3) is 10.9 Å². The van der Waals surface area contributed by atoms with Gasteiger partial charge in [-0.05, 0) is 38.7 Å². The molecular weight excluding hydrogens is 226 g/mol. The Morgan fingerprint density at radius 3 is 2.67 bits per heavy atom. The summed E-state index contributed by atoms with van der Waals surface area (Å²) in [6.45, 7) is 2.70. The molecule has 18 heavy (non-hydrogen) atoms. The Balaban J connectivity index is 2.60. The lowest BCUT2D eigenvalue weighted by molar-refractivity contribution is 0.307. The quantitative estimate of drug-likeness (QED) is 0.869. The summed E-state index contributed by atoms with van der Waals surface area (Å²) in [7, 11) is 5.79. The highest BCUT2D eigenvalue weighted by Crippen LogP contribution is 2.31.